The van der Waals surface area contributed by atoms with Crippen molar-refractivity contribution in [2.24, 2.45) is 0 Å². The lowest BCUT2D eigenvalue weighted by Gasteiger charge is -2.56. The number of benzene rings is 2. The van der Waals surface area contributed by atoms with Crippen LogP contribution < -0.4 is 4.74 Å². The number of amides is 1. The largest absolute Gasteiger partial charge is 0.468 e. The van der Waals surface area contributed by atoms with E-state index in [1.165, 1.54) is 4.90 Å². The van der Waals surface area contributed by atoms with Crippen LogP contribution in [0.3, 0.4) is 0 Å². The second-order valence-corrected chi connectivity index (χ2v) is 11.5. The summed E-state index contributed by atoms with van der Waals surface area (Å²) in [6.45, 7) is 7.99. The summed E-state index contributed by atoms with van der Waals surface area (Å²) in [5, 5.41) is 29.1. The summed E-state index contributed by atoms with van der Waals surface area (Å²) < 4.78 is 8.07. The molecule has 9 heteroatoms. The number of hydrogen-bond donors (Lipinski definition) is 2. The normalized spacial score (nSPS) is 19.7. The fraction of sp³-hybridized carbons (Fsp3) is 0.355. The highest BCUT2D eigenvalue weighted by Crippen LogP contribution is 2.50. The second kappa shape index (κ2) is 9.45. The fourth-order valence-corrected chi connectivity index (χ4v) is 6.21. The molecule has 1 aliphatic carbocycles. The summed E-state index contributed by atoms with van der Waals surface area (Å²) in [6, 6.07) is 20.1. The van der Waals surface area contributed by atoms with E-state index in [2.05, 4.69) is 28.4 Å². The molecule has 2 N–H and O–H groups in total. The van der Waals surface area contributed by atoms with Crippen molar-refractivity contribution in [3.63, 3.8) is 0 Å². The van der Waals surface area contributed by atoms with Crippen LogP contribution in [0.5, 0.6) is 5.88 Å². The van der Waals surface area contributed by atoms with E-state index in [1.54, 1.807) is 0 Å². The van der Waals surface area contributed by atoms with Crippen LogP contribution in [0, 0.1) is 0 Å². The van der Waals surface area contributed by atoms with Crippen molar-refractivity contribution in [1.29, 1.82) is 0 Å². The summed E-state index contributed by atoms with van der Waals surface area (Å²) >= 11 is 0. The van der Waals surface area contributed by atoms with Crippen LogP contribution in [-0.2, 0) is 18.6 Å². The summed E-state index contributed by atoms with van der Waals surface area (Å²) in [5.41, 5.74) is 3.84. The van der Waals surface area contributed by atoms with E-state index in [4.69, 9.17) is 9.72 Å². The van der Waals surface area contributed by atoms with Crippen molar-refractivity contribution >= 4 is 6.09 Å². The summed E-state index contributed by atoms with van der Waals surface area (Å²) in [5.74, 6) is 2.12. The molecule has 9 nitrogen and oxygen atoms in total. The van der Waals surface area contributed by atoms with Gasteiger partial charge in [0.1, 0.15) is 11.5 Å². The van der Waals surface area contributed by atoms with Crippen LogP contribution in [0.4, 0.5) is 4.79 Å². The number of nitrogens with zero attached hydrogens (tertiary/aromatic N) is 5. The lowest BCUT2D eigenvalue weighted by Crippen LogP contribution is -2.64. The Labute approximate surface area is 233 Å². The molecule has 0 radical (unpaired) electrons. The van der Waals surface area contributed by atoms with Crippen LogP contribution in [0.1, 0.15) is 57.7 Å². The number of aliphatic hydroxyl groups excluding tert-OH is 1. The molecule has 3 heterocycles. The van der Waals surface area contributed by atoms with Gasteiger partial charge in [-0.05, 0) is 38.0 Å². The van der Waals surface area contributed by atoms with Gasteiger partial charge in [0.15, 0.2) is 12.4 Å². The van der Waals surface area contributed by atoms with E-state index in [-0.39, 0.29) is 0 Å². The van der Waals surface area contributed by atoms with Gasteiger partial charge in [-0.3, -0.25) is 9.47 Å². The molecule has 2 aromatic heterocycles. The highest BCUT2D eigenvalue weighted by molar-refractivity contribution is 5.83. The number of pyridine rings is 1. The molecule has 206 valence electrons. The summed E-state index contributed by atoms with van der Waals surface area (Å²) in [7, 11) is 0. The highest BCUT2D eigenvalue weighted by atomic mass is 16.5. The van der Waals surface area contributed by atoms with Crippen molar-refractivity contribution in [1.82, 2.24) is 24.6 Å². The topological polar surface area (TPSA) is 114 Å². The molecule has 0 atom stereocenters. The van der Waals surface area contributed by atoms with E-state index in [0.29, 0.717) is 25.3 Å². The molecule has 4 aromatic rings. The fourth-order valence-electron chi connectivity index (χ4n) is 6.21. The quantitative estimate of drug-likeness (QED) is 0.340. The number of aliphatic hydroxyl groups is 1. The third-order valence-corrected chi connectivity index (χ3v) is 7.88. The van der Waals surface area contributed by atoms with Gasteiger partial charge in [0.25, 0.3) is 0 Å². The monoisotopic (exact) mass is 539 g/mol. The lowest BCUT2D eigenvalue weighted by molar-refractivity contribution is -0.0973. The van der Waals surface area contributed by atoms with Gasteiger partial charge in [-0.2, -0.15) is 0 Å². The predicted octanol–water partition coefficient (Wildman–Crippen LogP) is 5.58. The first-order valence-electron chi connectivity index (χ1n) is 13.6. The zero-order valence-electron chi connectivity index (χ0n) is 23.1. The minimum absolute atomic E-state index is 0.290. The van der Waals surface area contributed by atoms with E-state index < -0.39 is 23.3 Å². The van der Waals surface area contributed by atoms with Crippen molar-refractivity contribution in [2.75, 3.05) is 0 Å². The maximum atomic E-state index is 12.4. The molecule has 40 heavy (non-hydrogen) atoms. The SMILES string of the molecule is CCc1nnc2n1-c1cc(-c3ccccc3)c(-c3ccc(C4(N(C(=O)O)C(C)(C)C)CC(O)C4)cc3)nc1OC2. The number of aryl methyl sites for hydroxylation is 1. The molecule has 0 spiro atoms. The first-order valence-corrected chi connectivity index (χ1v) is 13.6. The molecular weight excluding hydrogens is 506 g/mol. The number of hydrogen-bond acceptors (Lipinski definition) is 6. The van der Waals surface area contributed by atoms with Crippen LogP contribution in [0.15, 0.2) is 60.7 Å². The molecule has 1 amide bonds. The van der Waals surface area contributed by atoms with Crippen LogP contribution >= 0.6 is 0 Å². The van der Waals surface area contributed by atoms with Crippen molar-refractivity contribution < 1.29 is 19.7 Å². The zero-order valence-corrected chi connectivity index (χ0v) is 23.1. The van der Waals surface area contributed by atoms with Gasteiger partial charge in [0.05, 0.1) is 17.3 Å². The number of rotatable bonds is 5. The number of aromatic nitrogens is 4. The van der Waals surface area contributed by atoms with E-state index in [1.807, 2.05) is 74.7 Å². The third kappa shape index (κ3) is 4.12. The van der Waals surface area contributed by atoms with E-state index in [9.17, 15) is 15.0 Å². The molecule has 0 saturated heterocycles. The van der Waals surface area contributed by atoms with Crippen molar-refractivity contribution in [3.8, 4) is 34.0 Å². The number of carbonyl (C=O) groups is 1. The van der Waals surface area contributed by atoms with Crippen LogP contribution in [0.25, 0.3) is 28.1 Å². The van der Waals surface area contributed by atoms with Gasteiger partial charge in [0.2, 0.25) is 5.88 Å². The smallest absolute Gasteiger partial charge is 0.408 e. The Morgan fingerprint density at radius 1 is 1.07 bits per heavy atom. The summed E-state index contributed by atoms with van der Waals surface area (Å²) in [4.78, 5) is 18.9. The minimum Gasteiger partial charge on any atom is -0.468 e. The third-order valence-electron chi connectivity index (χ3n) is 7.88. The van der Waals surface area contributed by atoms with Crippen LogP contribution in [-0.4, -0.2) is 52.6 Å². The Hall–Kier alpha value is -4.24. The standard InChI is InChI=1S/C31H33N5O4/c1-5-25-33-34-26-18-40-28-24(35(25)26)15-23(19-9-7-6-8-10-19)27(32-28)20-11-13-21(14-12-20)31(16-22(37)17-31)36(29(38)39)30(2,3)4/h6-15,22,37H,5,16-18H2,1-4H3,(H,38,39). The van der Waals surface area contributed by atoms with Gasteiger partial charge >= 0.3 is 6.09 Å². The molecule has 6 rings (SSSR count). The average Bonchev–Trinajstić information content (AvgIpc) is 3.35. The van der Waals surface area contributed by atoms with Crippen molar-refractivity contribution in [2.45, 2.75) is 70.7 Å². The molecule has 1 fully saturated rings. The average molecular weight is 540 g/mol. The van der Waals surface area contributed by atoms with Gasteiger partial charge in [-0.25, -0.2) is 9.78 Å². The van der Waals surface area contributed by atoms with Gasteiger partial charge in [-0.1, -0.05) is 61.5 Å². The first kappa shape index (κ1) is 26.0. The second-order valence-electron chi connectivity index (χ2n) is 11.5. The number of carboxylic acid groups (broad SMARTS) is 1. The van der Waals surface area contributed by atoms with Crippen LogP contribution in [0.2, 0.25) is 0 Å². The molecule has 2 aromatic carbocycles. The zero-order chi connectivity index (χ0) is 28.2. The number of fused-ring (bicyclic) bond motifs is 3. The minimum atomic E-state index is -0.997. The van der Waals surface area contributed by atoms with E-state index >= 15 is 0 Å². The lowest BCUT2D eigenvalue weighted by atomic mass is 9.67. The van der Waals surface area contributed by atoms with Gasteiger partial charge in [-0.15, -0.1) is 10.2 Å². The molecular formula is C31H33N5O4. The Balaban J connectivity index is 1.47. The Morgan fingerprint density at radius 2 is 1.77 bits per heavy atom. The number of ether oxygens (including phenoxy) is 1. The van der Waals surface area contributed by atoms with E-state index in [0.717, 1.165) is 51.7 Å². The molecule has 1 saturated carbocycles. The van der Waals surface area contributed by atoms with Gasteiger partial charge in [0, 0.05) is 35.9 Å². The van der Waals surface area contributed by atoms with Crippen molar-refractivity contribution in [3.05, 3.63) is 77.9 Å². The molecule has 2 aliphatic rings. The molecule has 0 bridgehead atoms. The first-order chi connectivity index (χ1) is 19.1. The van der Waals surface area contributed by atoms with Gasteiger partial charge < -0.3 is 14.9 Å². The maximum Gasteiger partial charge on any atom is 0.408 e. The Bertz CT molecular complexity index is 1550. The maximum absolute atomic E-state index is 12.4. The predicted molar refractivity (Wildman–Crippen MR) is 150 cm³/mol. The molecule has 1 aliphatic heterocycles. The Kier molecular flexibility index (Phi) is 6.14. The molecule has 0 unspecified atom stereocenters. The summed E-state index contributed by atoms with van der Waals surface area (Å²) in [6.07, 6.45) is -0.0880. The highest BCUT2D eigenvalue weighted by Gasteiger charge is 2.54. The Morgan fingerprint density at radius 3 is 2.38 bits per heavy atom.